The molecule has 136 valence electrons. The number of rotatable bonds is 3. The highest BCUT2D eigenvalue weighted by molar-refractivity contribution is 7.89. The molecule has 0 N–H and O–H groups in total. The molecule has 1 atom stereocenters. The normalized spacial score (nSPS) is 22.9. The van der Waals surface area contributed by atoms with E-state index in [9.17, 15) is 8.42 Å². The standard InChI is InChI=1S/C20H26ClNO2S/c1-14-12-15(2)20(16(3)13-14)25(23,24)22-10-8-17(9-11-22)18-6-4-5-7-19(18)21/h4,6-7,12-13,17-18H,5,8-11H2,1-3H3. The fourth-order valence-corrected chi connectivity index (χ4v) is 6.42. The van der Waals surface area contributed by atoms with Crippen LogP contribution in [0.4, 0.5) is 0 Å². The molecule has 0 spiro atoms. The first-order valence-electron chi connectivity index (χ1n) is 8.91. The van der Waals surface area contributed by atoms with E-state index in [-0.39, 0.29) is 5.92 Å². The Balaban J connectivity index is 1.77. The highest BCUT2D eigenvalue weighted by Gasteiger charge is 2.34. The average Bonchev–Trinajstić information content (AvgIpc) is 2.54. The van der Waals surface area contributed by atoms with Crippen molar-refractivity contribution in [2.24, 2.45) is 11.8 Å². The smallest absolute Gasteiger partial charge is 0.207 e. The Morgan fingerprint density at radius 1 is 1.08 bits per heavy atom. The number of piperidine rings is 1. The van der Waals surface area contributed by atoms with E-state index in [4.69, 9.17) is 11.6 Å². The predicted molar refractivity (Wildman–Crippen MR) is 103 cm³/mol. The lowest BCUT2D eigenvalue weighted by Gasteiger charge is -2.35. The number of nitrogens with zero attached hydrogens (tertiary/aromatic N) is 1. The van der Waals surface area contributed by atoms with Crippen molar-refractivity contribution in [2.75, 3.05) is 13.1 Å². The molecule has 1 heterocycles. The highest BCUT2D eigenvalue weighted by Crippen LogP contribution is 2.37. The second-order valence-corrected chi connectivity index (χ2v) is 9.56. The summed E-state index contributed by atoms with van der Waals surface area (Å²) in [6, 6.07) is 3.90. The summed E-state index contributed by atoms with van der Waals surface area (Å²) in [6.07, 6.45) is 9.00. The molecule has 1 aliphatic carbocycles. The molecule has 1 aliphatic heterocycles. The molecular formula is C20H26ClNO2S. The molecule has 1 unspecified atom stereocenters. The lowest BCUT2D eigenvalue weighted by molar-refractivity contribution is 0.248. The van der Waals surface area contributed by atoms with Gasteiger partial charge in [-0.05, 0) is 57.1 Å². The third-order valence-corrected chi connectivity index (χ3v) is 7.93. The SMILES string of the molecule is Cc1cc(C)c(S(=O)(=O)N2CCC(C3C=CCC=C3Cl)CC2)c(C)c1. The lowest BCUT2D eigenvalue weighted by atomic mass is 9.82. The van der Waals surface area contributed by atoms with Gasteiger partial charge in [-0.15, -0.1) is 0 Å². The van der Waals surface area contributed by atoms with Crippen LogP contribution in [-0.4, -0.2) is 25.8 Å². The summed E-state index contributed by atoms with van der Waals surface area (Å²) < 4.78 is 28.0. The summed E-state index contributed by atoms with van der Waals surface area (Å²) in [5.74, 6) is 0.676. The summed E-state index contributed by atoms with van der Waals surface area (Å²) in [5.41, 5.74) is 2.76. The fraction of sp³-hybridized carbons (Fsp3) is 0.500. The molecule has 3 nitrogen and oxygen atoms in total. The van der Waals surface area contributed by atoms with Crippen LogP contribution < -0.4 is 0 Å². The number of benzene rings is 1. The third kappa shape index (κ3) is 3.71. The van der Waals surface area contributed by atoms with Crippen molar-refractivity contribution in [1.82, 2.24) is 4.31 Å². The fourth-order valence-electron chi connectivity index (χ4n) is 4.19. The summed E-state index contributed by atoms with van der Waals surface area (Å²) in [6.45, 7) is 6.90. The molecule has 1 aromatic rings. The number of hydrogen-bond acceptors (Lipinski definition) is 2. The summed E-state index contributed by atoms with van der Waals surface area (Å²) in [5, 5.41) is 0.911. The van der Waals surface area contributed by atoms with Gasteiger partial charge in [0.2, 0.25) is 10.0 Å². The Kier molecular flexibility index (Phi) is 5.42. The van der Waals surface area contributed by atoms with Crippen LogP contribution in [0.15, 0.2) is 40.3 Å². The molecule has 5 heteroatoms. The van der Waals surface area contributed by atoms with E-state index in [0.29, 0.717) is 23.9 Å². The first-order chi connectivity index (χ1) is 11.8. The van der Waals surface area contributed by atoms with E-state index in [1.54, 1.807) is 4.31 Å². The second-order valence-electron chi connectivity index (χ2n) is 7.25. The minimum absolute atomic E-state index is 0.253. The van der Waals surface area contributed by atoms with Crippen molar-refractivity contribution in [3.63, 3.8) is 0 Å². The lowest BCUT2D eigenvalue weighted by Crippen LogP contribution is -2.40. The monoisotopic (exact) mass is 379 g/mol. The highest BCUT2D eigenvalue weighted by atomic mass is 35.5. The minimum atomic E-state index is -3.44. The van der Waals surface area contributed by atoms with Crippen LogP contribution >= 0.6 is 11.6 Å². The molecule has 1 saturated heterocycles. The van der Waals surface area contributed by atoms with Crippen molar-refractivity contribution in [2.45, 2.75) is 44.9 Å². The van der Waals surface area contributed by atoms with Gasteiger partial charge in [0.05, 0.1) is 4.90 Å². The molecule has 1 fully saturated rings. The van der Waals surface area contributed by atoms with Gasteiger partial charge in [0.15, 0.2) is 0 Å². The molecule has 25 heavy (non-hydrogen) atoms. The van der Waals surface area contributed by atoms with Gasteiger partial charge in [0, 0.05) is 24.0 Å². The molecule has 0 aromatic heterocycles. The van der Waals surface area contributed by atoms with Crippen LogP contribution in [0.2, 0.25) is 0 Å². The summed E-state index contributed by atoms with van der Waals surface area (Å²) in [4.78, 5) is 0.479. The van der Waals surface area contributed by atoms with E-state index in [1.807, 2.05) is 32.9 Å². The van der Waals surface area contributed by atoms with Gasteiger partial charge in [-0.1, -0.05) is 47.5 Å². The Hall–Kier alpha value is -1.10. The molecule has 0 saturated carbocycles. The first-order valence-corrected chi connectivity index (χ1v) is 10.7. The van der Waals surface area contributed by atoms with E-state index >= 15 is 0 Å². The van der Waals surface area contributed by atoms with Crippen molar-refractivity contribution >= 4 is 21.6 Å². The van der Waals surface area contributed by atoms with Gasteiger partial charge in [-0.2, -0.15) is 4.31 Å². The Bertz CT molecular complexity index is 795. The quantitative estimate of drug-likeness (QED) is 0.713. The Morgan fingerprint density at radius 3 is 2.24 bits per heavy atom. The number of sulfonamides is 1. The third-order valence-electron chi connectivity index (χ3n) is 5.32. The minimum Gasteiger partial charge on any atom is -0.207 e. The van der Waals surface area contributed by atoms with Crippen molar-refractivity contribution in [1.29, 1.82) is 0 Å². The zero-order chi connectivity index (χ0) is 18.2. The predicted octanol–water partition coefficient (Wildman–Crippen LogP) is 4.71. The molecule has 0 bridgehead atoms. The number of hydrogen-bond donors (Lipinski definition) is 0. The van der Waals surface area contributed by atoms with Gasteiger partial charge >= 0.3 is 0 Å². The summed E-state index contributed by atoms with van der Waals surface area (Å²) >= 11 is 6.37. The topological polar surface area (TPSA) is 37.4 Å². The molecule has 1 aromatic carbocycles. The van der Waals surface area contributed by atoms with E-state index in [0.717, 1.165) is 41.0 Å². The maximum atomic E-state index is 13.2. The van der Waals surface area contributed by atoms with Gasteiger partial charge in [0.25, 0.3) is 0 Å². The average molecular weight is 380 g/mol. The van der Waals surface area contributed by atoms with E-state index < -0.39 is 10.0 Å². The zero-order valence-electron chi connectivity index (χ0n) is 15.1. The van der Waals surface area contributed by atoms with Crippen LogP contribution in [0.3, 0.4) is 0 Å². The number of aryl methyl sites for hydroxylation is 3. The largest absolute Gasteiger partial charge is 0.243 e. The molecular weight excluding hydrogens is 354 g/mol. The van der Waals surface area contributed by atoms with E-state index in [1.165, 1.54) is 0 Å². The molecule has 0 amide bonds. The van der Waals surface area contributed by atoms with Gasteiger partial charge in [-0.3, -0.25) is 0 Å². The van der Waals surface area contributed by atoms with Crippen LogP contribution in [0.5, 0.6) is 0 Å². The van der Waals surface area contributed by atoms with E-state index in [2.05, 4.69) is 18.2 Å². The first kappa shape index (κ1) is 18.7. The molecule has 2 aliphatic rings. The van der Waals surface area contributed by atoms with Gasteiger partial charge in [-0.25, -0.2) is 8.42 Å². The van der Waals surface area contributed by atoms with Crippen LogP contribution in [0, 0.1) is 32.6 Å². The Labute approximate surface area is 156 Å². The van der Waals surface area contributed by atoms with Crippen molar-refractivity contribution in [3.05, 3.63) is 52.1 Å². The van der Waals surface area contributed by atoms with Crippen LogP contribution in [0.1, 0.15) is 36.0 Å². The number of halogens is 1. The van der Waals surface area contributed by atoms with Gasteiger partial charge in [0.1, 0.15) is 0 Å². The molecule has 3 rings (SSSR count). The maximum Gasteiger partial charge on any atom is 0.243 e. The summed E-state index contributed by atoms with van der Waals surface area (Å²) in [7, 11) is -3.44. The van der Waals surface area contributed by atoms with Crippen LogP contribution in [0.25, 0.3) is 0 Å². The van der Waals surface area contributed by atoms with Crippen molar-refractivity contribution < 1.29 is 8.42 Å². The van der Waals surface area contributed by atoms with Crippen molar-refractivity contribution in [3.8, 4) is 0 Å². The maximum absolute atomic E-state index is 13.2. The second kappa shape index (κ2) is 7.26. The number of allylic oxidation sites excluding steroid dienone is 4. The van der Waals surface area contributed by atoms with Crippen LogP contribution in [-0.2, 0) is 10.0 Å². The van der Waals surface area contributed by atoms with Gasteiger partial charge < -0.3 is 0 Å². The zero-order valence-corrected chi connectivity index (χ0v) is 16.7. The molecule has 0 radical (unpaired) electrons. The Morgan fingerprint density at radius 2 is 1.68 bits per heavy atom.